The maximum Gasteiger partial charge on any atom is 0.276 e. The third kappa shape index (κ3) is 4.76. The molecule has 34 heavy (non-hydrogen) atoms. The number of aromatic nitrogens is 5. The summed E-state index contributed by atoms with van der Waals surface area (Å²) in [5, 5.41) is 9.20. The molecule has 1 amide bonds. The Hall–Kier alpha value is -3.79. The molecule has 0 unspecified atom stereocenters. The first-order valence-corrected chi connectivity index (χ1v) is 11.9. The molecule has 5 rings (SSSR count). The van der Waals surface area contributed by atoms with E-state index >= 15 is 0 Å². The number of carbonyl (C=O) groups excluding carboxylic acids is 1. The van der Waals surface area contributed by atoms with Crippen LogP contribution in [-0.2, 0) is 5.75 Å². The number of para-hydroxylation sites is 1. The molecule has 0 radical (unpaired) electrons. The Bertz CT molecular complexity index is 1240. The van der Waals surface area contributed by atoms with Crippen molar-refractivity contribution in [2.45, 2.75) is 10.9 Å². The van der Waals surface area contributed by atoms with Crippen molar-refractivity contribution in [3.8, 4) is 5.69 Å². The van der Waals surface area contributed by atoms with E-state index in [2.05, 4.69) is 25.2 Å². The number of benzene rings is 2. The second-order valence-electron chi connectivity index (χ2n) is 7.71. The summed E-state index contributed by atoms with van der Waals surface area (Å²) in [5.41, 5.74) is 2.82. The van der Waals surface area contributed by atoms with Gasteiger partial charge in [-0.15, -0.1) is 5.10 Å². The van der Waals surface area contributed by atoms with E-state index < -0.39 is 0 Å². The van der Waals surface area contributed by atoms with Gasteiger partial charge in [-0.05, 0) is 42.5 Å². The maximum absolute atomic E-state index is 13.5. The van der Waals surface area contributed by atoms with Crippen molar-refractivity contribution in [2.75, 3.05) is 31.1 Å². The van der Waals surface area contributed by atoms with E-state index in [0.29, 0.717) is 48.5 Å². The van der Waals surface area contributed by atoms with E-state index in [1.54, 1.807) is 40.2 Å². The predicted molar refractivity (Wildman–Crippen MR) is 127 cm³/mol. The standard InChI is InChI=1S/C24H22FN7OS/c25-18-7-9-19(10-8-18)30-13-15-31(16-14-30)23(33)22-21(17-34-24-26-11-4-12-27-24)32(29-28-22)20-5-2-1-3-6-20/h1-12H,13-17H2. The Morgan fingerprint density at radius 3 is 2.29 bits per heavy atom. The summed E-state index contributed by atoms with van der Waals surface area (Å²) in [7, 11) is 0. The number of thioether (sulfide) groups is 1. The average molecular weight is 476 g/mol. The molecule has 2 aromatic heterocycles. The molecule has 172 valence electrons. The van der Waals surface area contributed by atoms with Crippen LogP contribution in [0.2, 0.25) is 0 Å². The van der Waals surface area contributed by atoms with Gasteiger partial charge in [-0.3, -0.25) is 4.79 Å². The van der Waals surface area contributed by atoms with Gasteiger partial charge in [0.15, 0.2) is 10.9 Å². The number of rotatable bonds is 6. The number of hydrogen-bond donors (Lipinski definition) is 0. The number of hydrogen-bond acceptors (Lipinski definition) is 7. The van der Waals surface area contributed by atoms with Crippen LogP contribution in [0.3, 0.4) is 0 Å². The lowest BCUT2D eigenvalue weighted by molar-refractivity contribution is 0.0740. The average Bonchev–Trinajstić information content (AvgIpc) is 3.33. The van der Waals surface area contributed by atoms with Gasteiger partial charge in [0.1, 0.15) is 5.82 Å². The summed E-state index contributed by atoms with van der Waals surface area (Å²) in [6.45, 7) is 2.41. The molecule has 0 saturated carbocycles. The maximum atomic E-state index is 13.5. The minimum absolute atomic E-state index is 0.148. The molecule has 8 nitrogen and oxygen atoms in total. The predicted octanol–water partition coefficient (Wildman–Crippen LogP) is 3.45. The molecule has 0 bridgehead atoms. The fraction of sp³-hybridized carbons (Fsp3) is 0.208. The van der Waals surface area contributed by atoms with Crippen LogP contribution >= 0.6 is 11.8 Å². The topological polar surface area (TPSA) is 80.0 Å². The van der Waals surface area contributed by atoms with Crippen LogP contribution in [0, 0.1) is 5.82 Å². The summed E-state index contributed by atoms with van der Waals surface area (Å²) < 4.78 is 15.0. The first kappa shape index (κ1) is 22.0. The molecular weight excluding hydrogens is 453 g/mol. The summed E-state index contributed by atoms with van der Waals surface area (Å²) in [4.78, 5) is 25.9. The van der Waals surface area contributed by atoms with Crippen LogP contribution in [0.25, 0.3) is 5.69 Å². The van der Waals surface area contributed by atoms with Crippen LogP contribution in [0.15, 0.2) is 78.2 Å². The summed E-state index contributed by atoms with van der Waals surface area (Å²) in [5.74, 6) is 0.0404. The Labute approximate surface area is 200 Å². The van der Waals surface area contributed by atoms with Crippen molar-refractivity contribution in [1.29, 1.82) is 0 Å². The number of nitrogens with zero attached hydrogens (tertiary/aromatic N) is 7. The van der Waals surface area contributed by atoms with Crippen LogP contribution in [0.1, 0.15) is 16.2 Å². The lowest BCUT2D eigenvalue weighted by Crippen LogP contribution is -2.49. The highest BCUT2D eigenvalue weighted by atomic mass is 32.2. The Morgan fingerprint density at radius 1 is 0.882 bits per heavy atom. The molecule has 3 heterocycles. The van der Waals surface area contributed by atoms with E-state index in [9.17, 15) is 9.18 Å². The highest BCUT2D eigenvalue weighted by molar-refractivity contribution is 7.98. The van der Waals surface area contributed by atoms with Crippen LogP contribution in [0.5, 0.6) is 0 Å². The van der Waals surface area contributed by atoms with Gasteiger partial charge in [-0.25, -0.2) is 19.0 Å². The summed E-state index contributed by atoms with van der Waals surface area (Å²) >= 11 is 1.43. The van der Waals surface area contributed by atoms with E-state index in [1.807, 2.05) is 30.3 Å². The molecule has 4 aromatic rings. The van der Waals surface area contributed by atoms with Crippen molar-refractivity contribution < 1.29 is 9.18 Å². The SMILES string of the molecule is O=C(c1nnn(-c2ccccc2)c1CSc1ncccn1)N1CCN(c2ccc(F)cc2)CC1. The van der Waals surface area contributed by atoms with Crippen LogP contribution in [-0.4, -0.2) is 61.9 Å². The van der Waals surface area contributed by atoms with Gasteiger partial charge >= 0.3 is 0 Å². The summed E-state index contributed by atoms with van der Waals surface area (Å²) in [6, 6.07) is 17.8. The van der Waals surface area contributed by atoms with Gasteiger partial charge in [0.25, 0.3) is 5.91 Å². The first-order chi connectivity index (χ1) is 16.7. The van der Waals surface area contributed by atoms with Crippen molar-refractivity contribution >= 4 is 23.4 Å². The van der Waals surface area contributed by atoms with Crippen molar-refractivity contribution in [3.05, 3.63) is 90.3 Å². The number of piperazine rings is 1. The van der Waals surface area contributed by atoms with Crippen LogP contribution < -0.4 is 4.90 Å². The third-order valence-electron chi connectivity index (χ3n) is 5.61. The molecular formula is C24H22FN7OS. The van der Waals surface area contributed by atoms with Gasteiger partial charge < -0.3 is 9.80 Å². The molecule has 1 aliphatic heterocycles. The molecule has 0 aliphatic carbocycles. The van der Waals surface area contributed by atoms with E-state index in [0.717, 1.165) is 11.4 Å². The largest absolute Gasteiger partial charge is 0.368 e. The Balaban J connectivity index is 1.35. The van der Waals surface area contributed by atoms with Gasteiger partial charge in [0.05, 0.1) is 11.4 Å². The molecule has 2 aromatic carbocycles. The number of halogens is 1. The zero-order valence-electron chi connectivity index (χ0n) is 18.3. The van der Waals surface area contributed by atoms with Gasteiger partial charge in [-0.2, -0.15) is 0 Å². The number of anilines is 1. The lowest BCUT2D eigenvalue weighted by atomic mass is 10.2. The van der Waals surface area contributed by atoms with Gasteiger partial charge in [0.2, 0.25) is 0 Å². The quantitative estimate of drug-likeness (QED) is 0.312. The molecule has 10 heteroatoms. The smallest absolute Gasteiger partial charge is 0.276 e. The zero-order valence-corrected chi connectivity index (χ0v) is 19.1. The molecule has 1 aliphatic rings. The number of amides is 1. The second-order valence-corrected chi connectivity index (χ2v) is 8.65. The van der Waals surface area contributed by atoms with Crippen molar-refractivity contribution in [2.24, 2.45) is 0 Å². The third-order valence-corrected chi connectivity index (χ3v) is 6.49. The van der Waals surface area contributed by atoms with E-state index in [4.69, 9.17) is 0 Å². The van der Waals surface area contributed by atoms with Gasteiger partial charge in [0, 0.05) is 50.0 Å². The summed E-state index contributed by atoms with van der Waals surface area (Å²) in [6.07, 6.45) is 3.38. The molecule has 1 fully saturated rings. The number of carbonyl (C=O) groups is 1. The fourth-order valence-corrected chi connectivity index (χ4v) is 4.63. The zero-order chi connectivity index (χ0) is 23.3. The van der Waals surface area contributed by atoms with E-state index in [-0.39, 0.29) is 11.7 Å². The second kappa shape index (κ2) is 10.0. The Kier molecular flexibility index (Phi) is 6.48. The van der Waals surface area contributed by atoms with Gasteiger partial charge in [-0.1, -0.05) is 35.2 Å². The highest BCUT2D eigenvalue weighted by Gasteiger charge is 2.28. The monoisotopic (exact) mass is 475 g/mol. The highest BCUT2D eigenvalue weighted by Crippen LogP contribution is 2.24. The molecule has 0 N–H and O–H groups in total. The molecule has 0 spiro atoms. The lowest BCUT2D eigenvalue weighted by Gasteiger charge is -2.35. The molecule has 1 saturated heterocycles. The fourth-order valence-electron chi connectivity index (χ4n) is 3.84. The molecule has 0 atom stereocenters. The minimum Gasteiger partial charge on any atom is -0.368 e. The first-order valence-electron chi connectivity index (χ1n) is 10.9. The minimum atomic E-state index is -0.259. The Morgan fingerprint density at radius 2 is 1.59 bits per heavy atom. The van der Waals surface area contributed by atoms with Crippen LogP contribution in [0.4, 0.5) is 10.1 Å². The van der Waals surface area contributed by atoms with Crippen molar-refractivity contribution in [3.63, 3.8) is 0 Å². The van der Waals surface area contributed by atoms with E-state index in [1.165, 1.54) is 23.9 Å². The normalized spacial score (nSPS) is 13.8. The van der Waals surface area contributed by atoms with Crippen molar-refractivity contribution in [1.82, 2.24) is 29.9 Å².